The van der Waals surface area contributed by atoms with Crippen LogP contribution in [-0.4, -0.2) is 68.9 Å². The van der Waals surface area contributed by atoms with Crippen LogP contribution in [0.25, 0.3) is 44.3 Å². The lowest BCUT2D eigenvalue weighted by atomic mass is 9.88. The van der Waals surface area contributed by atoms with Crippen LogP contribution in [0.4, 0.5) is 4.39 Å². The fourth-order valence-corrected chi connectivity index (χ4v) is 6.24. The number of halogens is 1. The van der Waals surface area contributed by atoms with Gasteiger partial charge >= 0.3 is 0 Å². The molecule has 2 aliphatic rings. The van der Waals surface area contributed by atoms with Crippen LogP contribution in [0.5, 0.6) is 0 Å². The number of rotatable bonds is 3. The van der Waals surface area contributed by atoms with E-state index in [9.17, 15) is 4.79 Å². The Morgan fingerprint density at radius 3 is 2.66 bits per heavy atom. The van der Waals surface area contributed by atoms with Gasteiger partial charge in [0.1, 0.15) is 11.5 Å². The highest BCUT2D eigenvalue weighted by atomic mass is 19.1. The van der Waals surface area contributed by atoms with Gasteiger partial charge in [-0.15, -0.1) is 0 Å². The molecule has 7 rings (SSSR count). The van der Waals surface area contributed by atoms with Crippen LogP contribution in [0.1, 0.15) is 16.8 Å². The standard InChI is InChI=1S/C30H27FN6O/c1-36-15-21-8-10-37(17-22(21)16-36)30(38)19-6-4-18(5-7-19)27-24(31)13-34-29-28(27)23-11-25(33-14-26(23)35-29)20-3-2-9-32-12-20/h2-7,9,11-14,21-22H,8,10,15-17H2,1H3,(H,34,35). The van der Waals surface area contributed by atoms with Gasteiger partial charge in [0.2, 0.25) is 0 Å². The maximum Gasteiger partial charge on any atom is 0.253 e. The number of likely N-dealkylation sites (tertiary alicyclic amines) is 2. The molecular weight excluding hydrogens is 479 g/mol. The number of hydrogen-bond acceptors (Lipinski definition) is 5. The molecule has 190 valence electrons. The number of H-pyrrole nitrogens is 1. The SMILES string of the molecule is CN1CC2CCN(C(=O)c3ccc(-c4c(F)cnc5[nH]c6cnc(-c7cccnc7)cc6c45)cc3)CC2C1. The number of fused-ring (bicyclic) bond motifs is 4. The summed E-state index contributed by atoms with van der Waals surface area (Å²) in [6, 6.07) is 13.0. The smallest absolute Gasteiger partial charge is 0.253 e. The molecule has 0 saturated carbocycles. The average Bonchev–Trinajstić information content (AvgIpc) is 3.51. The highest BCUT2D eigenvalue weighted by Crippen LogP contribution is 2.37. The van der Waals surface area contributed by atoms with Crippen LogP contribution >= 0.6 is 0 Å². The first kappa shape index (κ1) is 23.0. The summed E-state index contributed by atoms with van der Waals surface area (Å²) < 4.78 is 15.4. The summed E-state index contributed by atoms with van der Waals surface area (Å²) in [5, 5.41) is 1.53. The van der Waals surface area contributed by atoms with Crippen LogP contribution in [0.2, 0.25) is 0 Å². The van der Waals surface area contributed by atoms with Crippen molar-refractivity contribution in [2.75, 3.05) is 33.2 Å². The number of amides is 1. The van der Waals surface area contributed by atoms with E-state index in [1.807, 2.05) is 47.4 Å². The van der Waals surface area contributed by atoms with E-state index in [2.05, 4.69) is 31.9 Å². The van der Waals surface area contributed by atoms with Crippen molar-refractivity contribution < 1.29 is 9.18 Å². The van der Waals surface area contributed by atoms with E-state index in [1.165, 1.54) is 6.20 Å². The summed E-state index contributed by atoms with van der Waals surface area (Å²) in [5.74, 6) is 0.867. The van der Waals surface area contributed by atoms with E-state index in [-0.39, 0.29) is 5.91 Å². The number of hydrogen-bond donors (Lipinski definition) is 1. The quantitative estimate of drug-likeness (QED) is 0.373. The Bertz CT molecular complexity index is 1670. The molecule has 2 unspecified atom stereocenters. The van der Waals surface area contributed by atoms with Crippen molar-refractivity contribution in [3.8, 4) is 22.4 Å². The third-order valence-corrected chi connectivity index (χ3v) is 8.11. The minimum Gasteiger partial charge on any atom is -0.338 e. The molecule has 1 amide bonds. The third kappa shape index (κ3) is 3.83. The number of benzene rings is 1. The van der Waals surface area contributed by atoms with Crippen molar-refractivity contribution in [2.45, 2.75) is 6.42 Å². The van der Waals surface area contributed by atoms with E-state index in [0.717, 1.165) is 54.8 Å². The molecule has 1 N–H and O–H groups in total. The normalized spacial score (nSPS) is 19.8. The van der Waals surface area contributed by atoms with Crippen LogP contribution in [-0.2, 0) is 0 Å². The molecule has 2 fully saturated rings. The molecule has 38 heavy (non-hydrogen) atoms. The highest BCUT2D eigenvalue weighted by molar-refractivity contribution is 6.13. The fraction of sp³-hybridized carbons (Fsp3) is 0.267. The molecule has 0 radical (unpaired) electrons. The van der Waals surface area contributed by atoms with Gasteiger partial charge in [-0.1, -0.05) is 12.1 Å². The molecule has 0 bridgehead atoms. The molecule has 8 heteroatoms. The number of nitrogens with one attached hydrogen (secondary N) is 1. The summed E-state index contributed by atoms with van der Waals surface area (Å²) in [7, 11) is 2.16. The summed E-state index contributed by atoms with van der Waals surface area (Å²) in [6.07, 6.45) is 7.51. The van der Waals surface area contributed by atoms with Crippen LogP contribution < -0.4 is 0 Å². The van der Waals surface area contributed by atoms with Gasteiger partial charge < -0.3 is 14.8 Å². The number of carbonyl (C=O) groups is 1. The number of piperidine rings is 1. The number of nitrogens with zero attached hydrogens (tertiary/aromatic N) is 5. The summed E-state index contributed by atoms with van der Waals surface area (Å²) in [6.45, 7) is 3.77. The topological polar surface area (TPSA) is 78.0 Å². The Hall–Kier alpha value is -4.17. The summed E-state index contributed by atoms with van der Waals surface area (Å²) in [5.41, 5.74) is 4.78. The number of pyridine rings is 3. The molecule has 2 atom stereocenters. The predicted molar refractivity (Wildman–Crippen MR) is 145 cm³/mol. The van der Waals surface area contributed by atoms with Gasteiger partial charge in [0.05, 0.1) is 23.6 Å². The third-order valence-electron chi connectivity index (χ3n) is 8.11. The maximum atomic E-state index is 15.4. The molecule has 2 saturated heterocycles. The molecule has 0 aliphatic carbocycles. The van der Waals surface area contributed by atoms with Crippen molar-refractivity contribution in [1.29, 1.82) is 0 Å². The minimum absolute atomic E-state index is 0.0455. The van der Waals surface area contributed by atoms with Crippen molar-refractivity contribution >= 4 is 27.8 Å². The van der Waals surface area contributed by atoms with Crippen LogP contribution in [0.15, 0.2) is 67.3 Å². The van der Waals surface area contributed by atoms with Gasteiger partial charge in [-0.25, -0.2) is 9.37 Å². The second-order valence-electron chi connectivity index (χ2n) is 10.5. The van der Waals surface area contributed by atoms with Gasteiger partial charge in [0.15, 0.2) is 0 Å². The lowest BCUT2D eigenvalue weighted by Crippen LogP contribution is -2.43. The van der Waals surface area contributed by atoms with E-state index in [0.29, 0.717) is 39.6 Å². The molecule has 2 aliphatic heterocycles. The van der Waals surface area contributed by atoms with E-state index >= 15 is 4.39 Å². The first-order chi connectivity index (χ1) is 18.5. The van der Waals surface area contributed by atoms with Crippen molar-refractivity contribution in [1.82, 2.24) is 29.7 Å². The second kappa shape index (κ2) is 8.99. The molecule has 7 nitrogen and oxygen atoms in total. The monoisotopic (exact) mass is 506 g/mol. The lowest BCUT2D eigenvalue weighted by Gasteiger charge is -2.34. The largest absolute Gasteiger partial charge is 0.338 e. The van der Waals surface area contributed by atoms with E-state index < -0.39 is 5.82 Å². The first-order valence-electron chi connectivity index (χ1n) is 13.0. The Morgan fingerprint density at radius 2 is 1.84 bits per heavy atom. The fourth-order valence-electron chi connectivity index (χ4n) is 6.24. The maximum absolute atomic E-state index is 15.4. The van der Waals surface area contributed by atoms with Crippen molar-refractivity contribution in [2.24, 2.45) is 11.8 Å². The molecule has 6 heterocycles. The Labute approximate surface area is 219 Å². The number of carbonyl (C=O) groups excluding carboxylic acids is 1. The number of aromatic amines is 1. The zero-order valence-electron chi connectivity index (χ0n) is 21.1. The van der Waals surface area contributed by atoms with Gasteiger partial charge in [-0.3, -0.25) is 14.8 Å². The molecule has 4 aromatic heterocycles. The van der Waals surface area contributed by atoms with Gasteiger partial charge in [-0.05, 0) is 61.2 Å². The number of aromatic nitrogens is 4. The average molecular weight is 507 g/mol. The molecule has 5 aromatic rings. The molecule has 0 spiro atoms. The Balaban J connectivity index is 1.24. The van der Waals surface area contributed by atoms with Crippen LogP contribution in [0, 0.1) is 17.7 Å². The Morgan fingerprint density at radius 1 is 1.00 bits per heavy atom. The first-order valence-corrected chi connectivity index (χ1v) is 13.0. The summed E-state index contributed by atoms with van der Waals surface area (Å²) >= 11 is 0. The highest BCUT2D eigenvalue weighted by Gasteiger charge is 2.37. The molecule has 1 aromatic carbocycles. The van der Waals surface area contributed by atoms with Crippen molar-refractivity contribution in [3.63, 3.8) is 0 Å². The Kier molecular flexibility index (Phi) is 5.44. The predicted octanol–water partition coefficient (Wildman–Crippen LogP) is 5.00. The van der Waals surface area contributed by atoms with Crippen LogP contribution in [0.3, 0.4) is 0 Å². The van der Waals surface area contributed by atoms with Crippen molar-refractivity contribution in [3.05, 3.63) is 78.6 Å². The summed E-state index contributed by atoms with van der Waals surface area (Å²) in [4.78, 5) is 34.0. The lowest BCUT2D eigenvalue weighted by molar-refractivity contribution is 0.0642. The van der Waals surface area contributed by atoms with E-state index in [1.54, 1.807) is 18.6 Å². The van der Waals surface area contributed by atoms with E-state index in [4.69, 9.17) is 0 Å². The second-order valence-corrected chi connectivity index (χ2v) is 10.5. The zero-order chi connectivity index (χ0) is 25.8. The van der Waals surface area contributed by atoms with Gasteiger partial charge in [0.25, 0.3) is 5.91 Å². The zero-order valence-corrected chi connectivity index (χ0v) is 21.1. The van der Waals surface area contributed by atoms with Gasteiger partial charge in [0, 0.05) is 66.0 Å². The van der Waals surface area contributed by atoms with Gasteiger partial charge in [-0.2, -0.15) is 0 Å². The minimum atomic E-state index is -0.412. The molecular formula is C30H27FN6O.